The van der Waals surface area contributed by atoms with E-state index in [0.717, 1.165) is 5.56 Å². The minimum atomic E-state index is -0.410. The van der Waals surface area contributed by atoms with Crippen molar-refractivity contribution < 1.29 is 19.1 Å². The molecule has 0 spiro atoms. The van der Waals surface area contributed by atoms with Crippen LogP contribution in [-0.4, -0.2) is 25.5 Å². The van der Waals surface area contributed by atoms with Gasteiger partial charge < -0.3 is 14.8 Å². The molecule has 0 fully saturated rings. The highest BCUT2D eigenvalue weighted by Crippen LogP contribution is 2.23. The zero-order valence-electron chi connectivity index (χ0n) is 14.2. The molecule has 0 radical (unpaired) electrons. The molecule has 0 saturated carbocycles. The molecule has 2 aromatic carbocycles. The molecular weight excluding hydrogens is 342 g/mol. The number of hydrogen-bond donors (Lipinski definition) is 1. The maximum Gasteiger partial charge on any atom is 0.307 e. The van der Waals surface area contributed by atoms with Crippen LogP contribution in [0.5, 0.6) is 5.75 Å². The smallest absolute Gasteiger partial charge is 0.307 e. The van der Waals surface area contributed by atoms with Crippen LogP contribution < -0.4 is 10.1 Å². The summed E-state index contributed by atoms with van der Waals surface area (Å²) in [6, 6.07) is 12.4. The Morgan fingerprint density at radius 1 is 1.16 bits per heavy atom. The molecule has 132 valence electrons. The predicted octanol–water partition coefficient (Wildman–Crippen LogP) is 3.52. The van der Waals surface area contributed by atoms with Crippen molar-refractivity contribution in [3.63, 3.8) is 0 Å². The minimum Gasteiger partial charge on any atom is -0.496 e. The van der Waals surface area contributed by atoms with Crippen molar-refractivity contribution in [1.82, 2.24) is 5.32 Å². The highest BCUT2D eigenvalue weighted by Gasteiger charge is 2.11. The summed E-state index contributed by atoms with van der Waals surface area (Å²) < 4.78 is 10.4. The Kier molecular flexibility index (Phi) is 6.83. The van der Waals surface area contributed by atoms with E-state index >= 15 is 0 Å². The lowest BCUT2D eigenvalue weighted by atomic mass is 10.1. The third-order valence-corrected chi connectivity index (χ3v) is 3.87. The van der Waals surface area contributed by atoms with Crippen LogP contribution in [0.4, 0.5) is 0 Å². The zero-order chi connectivity index (χ0) is 18.2. The van der Waals surface area contributed by atoms with Gasteiger partial charge in [-0.05, 0) is 36.8 Å². The van der Waals surface area contributed by atoms with Gasteiger partial charge in [-0.15, -0.1) is 0 Å². The van der Waals surface area contributed by atoms with Crippen molar-refractivity contribution >= 4 is 23.5 Å². The number of carbonyl (C=O) groups is 2. The number of halogens is 1. The van der Waals surface area contributed by atoms with E-state index in [1.807, 2.05) is 19.1 Å². The van der Waals surface area contributed by atoms with Gasteiger partial charge in [-0.25, -0.2) is 0 Å². The van der Waals surface area contributed by atoms with E-state index in [2.05, 4.69) is 5.32 Å². The molecule has 0 saturated heterocycles. The first-order valence-corrected chi connectivity index (χ1v) is 8.21. The van der Waals surface area contributed by atoms with Gasteiger partial charge in [0.05, 0.1) is 13.5 Å². The van der Waals surface area contributed by atoms with Crippen LogP contribution in [0.15, 0.2) is 42.5 Å². The normalized spacial score (nSPS) is 10.2. The van der Waals surface area contributed by atoms with E-state index in [4.69, 9.17) is 21.1 Å². The highest BCUT2D eigenvalue weighted by molar-refractivity contribution is 6.30. The second-order valence-electron chi connectivity index (χ2n) is 5.44. The maximum atomic E-state index is 12.1. The van der Waals surface area contributed by atoms with Crippen LogP contribution in [0.3, 0.4) is 0 Å². The van der Waals surface area contributed by atoms with Gasteiger partial charge in [-0.2, -0.15) is 0 Å². The topological polar surface area (TPSA) is 64.6 Å². The number of benzene rings is 2. The van der Waals surface area contributed by atoms with E-state index in [1.54, 1.807) is 30.3 Å². The predicted molar refractivity (Wildman–Crippen MR) is 95.9 cm³/mol. The van der Waals surface area contributed by atoms with Crippen molar-refractivity contribution in [2.24, 2.45) is 0 Å². The fourth-order valence-corrected chi connectivity index (χ4v) is 2.49. The summed E-state index contributed by atoms with van der Waals surface area (Å²) in [6.07, 6.45) is 0.0838. The molecule has 25 heavy (non-hydrogen) atoms. The summed E-state index contributed by atoms with van der Waals surface area (Å²) in [4.78, 5) is 23.9. The van der Waals surface area contributed by atoms with E-state index < -0.39 is 5.97 Å². The van der Waals surface area contributed by atoms with Crippen molar-refractivity contribution in [2.45, 2.75) is 20.0 Å². The first-order valence-electron chi connectivity index (χ1n) is 7.83. The van der Waals surface area contributed by atoms with Gasteiger partial charge >= 0.3 is 5.97 Å². The van der Waals surface area contributed by atoms with Gasteiger partial charge in [0.2, 0.25) is 0 Å². The maximum absolute atomic E-state index is 12.1. The van der Waals surface area contributed by atoms with Gasteiger partial charge in [-0.1, -0.05) is 29.8 Å². The quantitative estimate of drug-likeness (QED) is 0.766. The van der Waals surface area contributed by atoms with Gasteiger partial charge in [0, 0.05) is 22.7 Å². The van der Waals surface area contributed by atoms with Crippen LogP contribution in [0.25, 0.3) is 0 Å². The van der Waals surface area contributed by atoms with E-state index in [0.29, 0.717) is 21.9 Å². The highest BCUT2D eigenvalue weighted by atomic mass is 35.5. The molecular formula is C19H20ClNO4. The largest absolute Gasteiger partial charge is 0.496 e. The van der Waals surface area contributed by atoms with Crippen LogP contribution in [0, 0.1) is 6.92 Å². The van der Waals surface area contributed by atoms with Crippen LogP contribution in [0.1, 0.15) is 27.9 Å². The molecule has 0 aliphatic rings. The second kappa shape index (κ2) is 9.08. The Bertz CT molecular complexity index is 761. The molecule has 0 unspecified atom stereocenters. The van der Waals surface area contributed by atoms with Crippen LogP contribution in [0.2, 0.25) is 5.02 Å². The van der Waals surface area contributed by atoms with Crippen molar-refractivity contribution in [2.75, 3.05) is 13.7 Å². The molecule has 5 nitrogen and oxygen atoms in total. The van der Waals surface area contributed by atoms with E-state index in [9.17, 15) is 9.59 Å². The number of ether oxygens (including phenoxy) is 2. The summed E-state index contributed by atoms with van der Waals surface area (Å²) >= 11 is 5.93. The minimum absolute atomic E-state index is 0.0638. The Labute approximate surface area is 151 Å². The molecule has 0 aliphatic heterocycles. The molecule has 0 bridgehead atoms. The average Bonchev–Trinajstić information content (AvgIpc) is 2.60. The number of carbonyl (C=O) groups excluding carboxylic acids is 2. The molecule has 2 aromatic rings. The molecule has 1 N–H and O–H groups in total. The Morgan fingerprint density at radius 3 is 2.64 bits per heavy atom. The molecule has 6 heteroatoms. The van der Waals surface area contributed by atoms with Gasteiger partial charge in [0.25, 0.3) is 5.91 Å². The van der Waals surface area contributed by atoms with Crippen molar-refractivity contribution in [3.05, 3.63) is 64.2 Å². The van der Waals surface area contributed by atoms with Gasteiger partial charge in [-0.3, -0.25) is 9.59 Å². The van der Waals surface area contributed by atoms with Gasteiger partial charge in [0.15, 0.2) is 0 Å². The fraction of sp³-hybridized carbons (Fsp3) is 0.263. The molecule has 0 heterocycles. The Hall–Kier alpha value is -2.53. The molecule has 0 atom stereocenters. The van der Waals surface area contributed by atoms with Crippen LogP contribution >= 0.6 is 11.6 Å². The standard InChI is InChI=1S/C19H20ClNO4/c1-13-5-3-4-6-16(13)19(23)21-10-9-18(22)25-12-14-11-15(20)7-8-17(14)24-2/h3-8,11H,9-10,12H2,1-2H3,(H,21,23). The summed E-state index contributed by atoms with van der Waals surface area (Å²) in [7, 11) is 1.54. The van der Waals surface area contributed by atoms with Crippen LogP contribution in [-0.2, 0) is 16.1 Å². The summed E-state index contributed by atoms with van der Waals surface area (Å²) in [5.41, 5.74) is 2.17. The lowest BCUT2D eigenvalue weighted by Crippen LogP contribution is -2.27. The number of hydrogen-bond acceptors (Lipinski definition) is 4. The first-order chi connectivity index (χ1) is 12.0. The monoisotopic (exact) mass is 361 g/mol. The lowest BCUT2D eigenvalue weighted by Gasteiger charge is -2.10. The third kappa shape index (κ3) is 5.50. The van der Waals surface area contributed by atoms with E-state index in [-0.39, 0.29) is 25.5 Å². The number of amides is 1. The van der Waals surface area contributed by atoms with Gasteiger partial charge in [0.1, 0.15) is 12.4 Å². The molecule has 0 aromatic heterocycles. The Morgan fingerprint density at radius 2 is 1.92 bits per heavy atom. The number of aryl methyl sites for hydroxylation is 1. The summed E-state index contributed by atoms with van der Waals surface area (Å²) in [5, 5.41) is 3.25. The molecule has 0 aliphatic carbocycles. The summed E-state index contributed by atoms with van der Waals surface area (Å²) in [5.74, 6) is -0.0143. The molecule has 1 amide bonds. The fourth-order valence-electron chi connectivity index (χ4n) is 2.29. The third-order valence-electron chi connectivity index (χ3n) is 3.64. The summed E-state index contributed by atoms with van der Waals surface area (Å²) in [6.45, 7) is 2.13. The number of esters is 1. The second-order valence-corrected chi connectivity index (χ2v) is 5.87. The average molecular weight is 362 g/mol. The lowest BCUT2D eigenvalue weighted by molar-refractivity contribution is -0.144. The molecule has 2 rings (SSSR count). The van der Waals surface area contributed by atoms with Crippen molar-refractivity contribution in [3.8, 4) is 5.75 Å². The zero-order valence-corrected chi connectivity index (χ0v) is 14.9. The number of methoxy groups -OCH3 is 1. The first kappa shape index (κ1) is 18.8. The number of nitrogens with one attached hydrogen (secondary N) is 1. The Balaban J connectivity index is 1.79. The number of rotatable bonds is 7. The van der Waals surface area contributed by atoms with Crippen molar-refractivity contribution in [1.29, 1.82) is 0 Å². The van der Waals surface area contributed by atoms with E-state index in [1.165, 1.54) is 7.11 Å². The SMILES string of the molecule is COc1ccc(Cl)cc1COC(=O)CCNC(=O)c1ccccc1C.